The second kappa shape index (κ2) is 7.11. The van der Waals surface area contributed by atoms with E-state index in [9.17, 15) is 8.42 Å². The van der Waals surface area contributed by atoms with Gasteiger partial charge in [0.25, 0.3) is 10.0 Å². The van der Waals surface area contributed by atoms with Crippen LogP contribution in [0.4, 0.5) is 0 Å². The molecular formula is C15H26ClN3O3S. The molecule has 6 nitrogen and oxygen atoms in total. The van der Waals surface area contributed by atoms with E-state index in [0.29, 0.717) is 31.9 Å². The van der Waals surface area contributed by atoms with Gasteiger partial charge < -0.3 is 10.2 Å². The van der Waals surface area contributed by atoms with E-state index in [2.05, 4.69) is 11.8 Å². The third-order valence-electron chi connectivity index (χ3n) is 4.81. The monoisotopic (exact) mass is 363 g/mol. The minimum atomic E-state index is -3.45. The lowest BCUT2D eigenvalue weighted by Gasteiger charge is -2.22. The molecule has 23 heavy (non-hydrogen) atoms. The Morgan fingerprint density at radius 2 is 1.96 bits per heavy atom. The van der Waals surface area contributed by atoms with Crippen molar-refractivity contribution in [1.82, 2.24) is 9.21 Å². The second-order valence-electron chi connectivity index (χ2n) is 6.81. The molecule has 0 saturated carbocycles. The van der Waals surface area contributed by atoms with Crippen molar-refractivity contribution in [3.63, 3.8) is 0 Å². The molecule has 2 aliphatic heterocycles. The average Bonchev–Trinajstić information content (AvgIpc) is 3.20. The summed E-state index contributed by atoms with van der Waals surface area (Å²) in [7, 11) is -3.45. The van der Waals surface area contributed by atoms with Gasteiger partial charge in [-0.05, 0) is 49.9 Å². The number of hydrogen-bond acceptors (Lipinski definition) is 5. The van der Waals surface area contributed by atoms with E-state index in [1.807, 2.05) is 0 Å². The molecule has 2 N–H and O–H groups in total. The van der Waals surface area contributed by atoms with Crippen LogP contribution in [0, 0.1) is 5.41 Å². The first-order valence-electron chi connectivity index (χ1n) is 7.94. The molecule has 0 amide bonds. The lowest BCUT2D eigenvalue weighted by atomic mass is 9.90. The number of rotatable bonds is 5. The van der Waals surface area contributed by atoms with Crippen LogP contribution in [0.5, 0.6) is 0 Å². The van der Waals surface area contributed by atoms with Crippen LogP contribution in [0.1, 0.15) is 31.9 Å². The van der Waals surface area contributed by atoms with Gasteiger partial charge in [0.2, 0.25) is 5.09 Å². The van der Waals surface area contributed by atoms with Crippen LogP contribution in [0.2, 0.25) is 0 Å². The van der Waals surface area contributed by atoms with E-state index >= 15 is 0 Å². The maximum Gasteiger partial charge on any atom is 0.276 e. The van der Waals surface area contributed by atoms with Crippen molar-refractivity contribution < 1.29 is 12.8 Å². The van der Waals surface area contributed by atoms with Gasteiger partial charge in [0.1, 0.15) is 5.76 Å². The topological polar surface area (TPSA) is 79.8 Å². The van der Waals surface area contributed by atoms with Gasteiger partial charge in [0, 0.05) is 19.6 Å². The van der Waals surface area contributed by atoms with Gasteiger partial charge in [0.05, 0.1) is 6.54 Å². The van der Waals surface area contributed by atoms with E-state index < -0.39 is 10.0 Å². The summed E-state index contributed by atoms with van der Waals surface area (Å²) in [5.74, 6) is 0.707. The Hall–Kier alpha value is -0.600. The maximum atomic E-state index is 12.4. The summed E-state index contributed by atoms with van der Waals surface area (Å²) in [6.07, 6.45) is 2.93. The first kappa shape index (κ1) is 18.7. The number of halogens is 1. The molecule has 0 aliphatic carbocycles. The maximum absolute atomic E-state index is 12.4. The molecule has 3 heterocycles. The van der Waals surface area contributed by atoms with Gasteiger partial charge in [-0.25, -0.2) is 8.42 Å². The minimum absolute atomic E-state index is 0. The average molecular weight is 364 g/mol. The minimum Gasteiger partial charge on any atom is -0.447 e. The zero-order chi connectivity index (χ0) is 15.8. The zero-order valence-corrected chi connectivity index (χ0v) is 15.2. The lowest BCUT2D eigenvalue weighted by Crippen LogP contribution is -2.31. The number of nitrogens with zero attached hydrogens (tertiary/aromatic N) is 2. The Balaban J connectivity index is 0.00000192. The van der Waals surface area contributed by atoms with E-state index in [-0.39, 0.29) is 22.9 Å². The van der Waals surface area contributed by atoms with Crippen LogP contribution < -0.4 is 5.73 Å². The Morgan fingerprint density at radius 3 is 2.57 bits per heavy atom. The Bertz CT molecular complexity index is 628. The fraction of sp³-hybridized carbons (Fsp3) is 0.733. The highest BCUT2D eigenvalue weighted by Crippen LogP contribution is 2.30. The molecule has 132 valence electrons. The molecule has 2 saturated heterocycles. The molecule has 1 aromatic rings. The first-order chi connectivity index (χ1) is 10.4. The number of furan rings is 1. The standard InChI is InChI=1S/C15H25N3O3S.ClH/c1-15(11-16)6-9-17(12-15)10-13-4-5-14(21-13)22(19,20)18-7-2-3-8-18;/h4-5H,2-3,6-12,16H2,1H3;1H. The van der Waals surface area contributed by atoms with Gasteiger partial charge in [-0.15, -0.1) is 12.4 Å². The number of likely N-dealkylation sites (tertiary alicyclic amines) is 1. The summed E-state index contributed by atoms with van der Waals surface area (Å²) >= 11 is 0. The quantitative estimate of drug-likeness (QED) is 0.860. The van der Waals surface area contributed by atoms with Gasteiger partial charge in [-0.2, -0.15) is 4.31 Å². The van der Waals surface area contributed by atoms with Crippen molar-refractivity contribution in [1.29, 1.82) is 0 Å². The number of hydrogen-bond donors (Lipinski definition) is 1. The van der Waals surface area contributed by atoms with Crippen LogP contribution in [-0.2, 0) is 16.6 Å². The second-order valence-corrected chi connectivity index (χ2v) is 8.68. The van der Waals surface area contributed by atoms with Gasteiger partial charge in [-0.3, -0.25) is 4.90 Å². The van der Waals surface area contributed by atoms with Crippen molar-refractivity contribution in [3.8, 4) is 0 Å². The van der Waals surface area contributed by atoms with E-state index in [0.717, 1.165) is 32.4 Å². The normalized spacial score (nSPS) is 26.5. The summed E-state index contributed by atoms with van der Waals surface area (Å²) in [5.41, 5.74) is 5.98. The van der Waals surface area contributed by atoms with E-state index in [4.69, 9.17) is 10.2 Å². The van der Waals surface area contributed by atoms with Gasteiger partial charge >= 0.3 is 0 Å². The molecule has 0 spiro atoms. The third kappa shape index (κ3) is 3.91. The van der Waals surface area contributed by atoms with Crippen molar-refractivity contribution in [2.75, 3.05) is 32.7 Å². The zero-order valence-electron chi connectivity index (χ0n) is 13.5. The summed E-state index contributed by atoms with van der Waals surface area (Å²) < 4.78 is 32.0. The molecule has 0 aromatic carbocycles. The van der Waals surface area contributed by atoms with Crippen LogP contribution >= 0.6 is 12.4 Å². The van der Waals surface area contributed by atoms with Crippen LogP contribution in [0.15, 0.2) is 21.6 Å². The first-order valence-corrected chi connectivity index (χ1v) is 9.38. The van der Waals surface area contributed by atoms with Crippen molar-refractivity contribution in [2.45, 2.75) is 37.8 Å². The fourth-order valence-corrected chi connectivity index (χ4v) is 4.73. The molecule has 0 bridgehead atoms. The summed E-state index contributed by atoms with van der Waals surface area (Å²) in [6, 6.07) is 3.36. The Labute approximate surface area is 144 Å². The summed E-state index contributed by atoms with van der Waals surface area (Å²) in [6.45, 7) is 6.61. The summed E-state index contributed by atoms with van der Waals surface area (Å²) in [4.78, 5) is 2.28. The summed E-state index contributed by atoms with van der Waals surface area (Å²) in [5, 5.41) is 0.0742. The fourth-order valence-electron chi connectivity index (χ4n) is 3.29. The van der Waals surface area contributed by atoms with Crippen molar-refractivity contribution >= 4 is 22.4 Å². The third-order valence-corrected chi connectivity index (χ3v) is 6.58. The highest BCUT2D eigenvalue weighted by Gasteiger charge is 2.33. The van der Waals surface area contributed by atoms with E-state index in [1.165, 1.54) is 4.31 Å². The molecule has 2 fully saturated rings. The van der Waals surface area contributed by atoms with Crippen LogP contribution in [0.25, 0.3) is 0 Å². The molecule has 0 radical (unpaired) electrons. The van der Waals surface area contributed by atoms with Crippen molar-refractivity contribution in [3.05, 3.63) is 17.9 Å². The van der Waals surface area contributed by atoms with Crippen LogP contribution in [-0.4, -0.2) is 50.3 Å². The molecule has 2 aliphatic rings. The smallest absolute Gasteiger partial charge is 0.276 e. The highest BCUT2D eigenvalue weighted by atomic mass is 35.5. The van der Waals surface area contributed by atoms with E-state index in [1.54, 1.807) is 12.1 Å². The number of sulfonamides is 1. The Morgan fingerprint density at radius 1 is 1.26 bits per heavy atom. The van der Waals surface area contributed by atoms with Crippen molar-refractivity contribution in [2.24, 2.45) is 11.1 Å². The number of nitrogens with two attached hydrogens (primary N) is 1. The predicted octanol–water partition coefficient (Wildman–Crippen LogP) is 1.66. The van der Waals surface area contributed by atoms with Crippen LogP contribution in [0.3, 0.4) is 0 Å². The molecule has 1 atom stereocenters. The largest absolute Gasteiger partial charge is 0.447 e. The highest BCUT2D eigenvalue weighted by molar-refractivity contribution is 7.89. The molecule has 8 heteroatoms. The predicted molar refractivity (Wildman–Crippen MR) is 91.0 cm³/mol. The SMILES string of the molecule is CC1(CN)CCN(Cc2ccc(S(=O)(=O)N3CCCC3)o2)C1.Cl. The van der Waals surface area contributed by atoms with Gasteiger partial charge in [0.15, 0.2) is 0 Å². The Kier molecular flexibility index (Phi) is 5.79. The molecule has 1 unspecified atom stereocenters. The molecule has 1 aromatic heterocycles. The van der Waals surface area contributed by atoms with Gasteiger partial charge in [-0.1, -0.05) is 6.92 Å². The lowest BCUT2D eigenvalue weighted by molar-refractivity contribution is 0.248. The molecule has 3 rings (SSSR count). The molecular weight excluding hydrogens is 338 g/mol.